The Morgan fingerprint density at radius 1 is 1.47 bits per heavy atom. The van der Waals surface area contributed by atoms with Gasteiger partial charge in [-0.25, -0.2) is 17.2 Å². The summed E-state index contributed by atoms with van der Waals surface area (Å²) in [4.78, 5) is 3.33. The standard InChI is InChI=1S/C8H8ClF2NO2S/c1-2-5-7(15(9,13)14)4-3-6(12-5)8(10)11/h3-4,8H,2H2,1H3. The number of nitrogens with zero attached hydrogens (tertiary/aromatic N) is 1. The Kier molecular flexibility index (Phi) is 3.62. The van der Waals surface area contributed by atoms with E-state index in [0.29, 0.717) is 0 Å². The molecule has 0 unspecified atom stereocenters. The summed E-state index contributed by atoms with van der Waals surface area (Å²) < 4.78 is 46.6. The van der Waals surface area contributed by atoms with Gasteiger partial charge in [0.25, 0.3) is 15.5 Å². The molecule has 0 saturated heterocycles. The maximum absolute atomic E-state index is 12.3. The first-order valence-corrected chi connectivity index (χ1v) is 6.39. The molecule has 7 heteroatoms. The van der Waals surface area contributed by atoms with E-state index in [1.54, 1.807) is 6.92 Å². The van der Waals surface area contributed by atoms with E-state index < -0.39 is 21.2 Å². The summed E-state index contributed by atoms with van der Waals surface area (Å²) in [6, 6.07) is 2.01. The highest BCUT2D eigenvalue weighted by atomic mass is 35.7. The Hall–Kier alpha value is -0.750. The van der Waals surface area contributed by atoms with Crippen LogP contribution in [0.3, 0.4) is 0 Å². The highest BCUT2D eigenvalue weighted by Gasteiger charge is 2.18. The second-order valence-electron chi connectivity index (χ2n) is 2.77. The molecule has 84 valence electrons. The largest absolute Gasteiger partial charge is 0.280 e. The molecule has 0 aliphatic rings. The van der Waals surface area contributed by atoms with Crippen molar-refractivity contribution in [2.45, 2.75) is 24.7 Å². The van der Waals surface area contributed by atoms with Crippen molar-refractivity contribution in [2.75, 3.05) is 0 Å². The molecule has 0 atom stereocenters. The van der Waals surface area contributed by atoms with E-state index in [9.17, 15) is 17.2 Å². The lowest BCUT2D eigenvalue weighted by Gasteiger charge is -2.06. The summed E-state index contributed by atoms with van der Waals surface area (Å²) in [5, 5.41) is 0. The third kappa shape index (κ3) is 2.85. The predicted octanol–water partition coefficient (Wildman–Crippen LogP) is 2.51. The average molecular weight is 256 g/mol. The summed E-state index contributed by atoms with van der Waals surface area (Å²) in [5.74, 6) is 0. The first kappa shape index (κ1) is 12.3. The molecule has 1 heterocycles. The smallest absolute Gasteiger partial charge is 0.250 e. The molecule has 0 spiro atoms. The van der Waals surface area contributed by atoms with Crippen LogP contribution in [0, 0.1) is 0 Å². The van der Waals surface area contributed by atoms with Crippen molar-refractivity contribution in [1.82, 2.24) is 4.98 Å². The zero-order chi connectivity index (χ0) is 11.6. The fraction of sp³-hybridized carbons (Fsp3) is 0.375. The SMILES string of the molecule is CCc1nc(C(F)F)ccc1S(=O)(=O)Cl. The Morgan fingerprint density at radius 3 is 2.47 bits per heavy atom. The minimum absolute atomic E-state index is 0.0581. The van der Waals surface area contributed by atoms with Crippen molar-refractivity contribution in [3.63, 3.8) is 0 Å². The maximum Gasteiger partial charge on any atom is 0.280 e. The molecule has 1 aromatic rings. The van der Waals surface area contributed by atoms with Gasteiger partial charge in [0.1, 0.15) is 10.6 Å². The van der Waals surface area contributed by atoms with E-state index in [4.69, 9.17) is 10.7 Å². The molecule has 0 amide bonds. The molecule has 0 aliphatic heterocycles. The van der Waals surface area contributed by atoms with Gasteiger partial charge in [0.15, 0.2) is 0 Å². The van der Waals surface area contributed by atoms with Crippen LogP contribution in [0.2, 0.25) is 0 Å². The van der Waals surface area contributed by atoms with Gasteiger partial charge in [-0.2, -0.15) is 0 Å². The van der Waals surface area contributed by atoms with E-state index in [1.807, 2.05) is 0 Å². The number of hydrogen-bond acceptors (Lipinski definition) is 3. The van der Waals surface area contributed by atoms with Crippen LogP contribution in [0.15, 0.2) is 17.0 Å². The first-order chi connectivity index (χ1) is 6.86. The number of rotatable bonds is 3. The third-order valence-electron chi connectivity index (χ3n) is 1.78. The number of alkyl halides is 2. The van der Waals surface area contributed by atoms with Crippen LogP contribution in [0.5, 0.6) is 0 Å². The van der Waals surface area contributed by atoms with Crippen LogP contribution in [-0.4, -0.2) is 13.4 Å². The van der Waals surface area contributed by atoms with Crippen molar-refractivity contribution in [3.8, 4) is 0 Å². The highest BCUT2D eigenvalue weighted by Crippen LogP contribution is 2.23. The van der Waals surface area contributed by atoms with Gasteiger partial charge in [0, 0.05) is 10.7 Å². The van der Waals surface area contributed by atoms with E-state index in [2.05, 4.69) is 4.98 Å². The second-order valence-corrected chi connectivity index (χ2v) is 5.31. The summed E-state index contributed by atoms with van der Waals surface area (Å²) in [5.41, 5.74) is -0.390. The Morgan fingerprint density at radius 2 is 2.07 bits per heavy atom. The molecule has 3 nitrogen and oxygen atoms in total. The van der Waals surface area contributed by atoms with Crippen molar-refractivity contribution >= 4 is 19.7 Å². The summed E-state index contributed by atoms with van der Waals surface area (Å²) >= 11 is 0. The average Bonchev–Trinajstić information content (AvgIpc) is 2.15. The van der Waals surface area contributed by atoms with Crippen LogP contribution in [0.1, 0.15) is 24.7 Å². The van der Waals surface area contributed by atoms with Crippen molar-refractivity contribution in [1.29, 1.82) is 0 Å². The summed E-state index contributed by atoms with van der Waals surface area (Å²) in [6.45, 7) is 1.61. The quantitative estimate of drug-likeness (QED) is 0.780. The van der Waals surface area contributed by atoms with Crippen LogP contribution >= 0.6 is 10.7 Å². The molecular weight excluding hydrogens is 248 g/mol. The van der Waals surface area contributed by atoms with Gasteiger partial charge in [0.05, 0.1) is 5.69 Å². The van der Waals surface area contributed by atoms with E-state index >= 15 is 0 Å². The maximum atomic E-state index is 12.3. The number of hydrogen-bond donors (Lipinski definition) is 0. The van der Waals surface area contributed by atoms with Crippen molar-refractivity contribution in [3.05, 3.63) is 23.5 Å². The van der Waals surface area contributed by atoms with E-state index in [-0.39, 0.29) is 17.0 Å². The monoisotopic (exact) mass is 255 g/mol. The van der Waals surface area contributed by atoms with Crippen LogP contribution in [0.25, 0.3) is 0 Å². The van der Waals surface area contributed by atoms with E-state index in [1.165, 1.54) is 0 Å². The van der Waals surface area contributed by atoms with Gasteiger partial charge < -0.3 is 0 Å². The Bertz CT molecular complexity index is 462. The van der Waals surface area contributed by atoms with Gasteiger partial charge in [-0.15, -0.1) is 0 Å². The lowest BCUT2D eigenvalue weighted by atomic mass is 10.2. The lowest BCUT2D eigenvalue weighted by molar-refractivity contribution is 0.145. The molecule has 1 rings (SSSR count). The first-order valence-electron chi connectivity index (χ1n) is 4.09. The predicted molar refractivity (Wildman–Crippen MR) is 51.6 cm³/mol. The van der Waals surface area contributed by atoms with Crippen LogP contribution in [0.4, 0.5) is 8.78 Å². The molecule has 0 radical (unpaired) electrons. The lowest BCUT2D eigenvalue weighted by Crippen LogP contribution is -2.03. The minimum atomic E-state index is -3.92. The Labute approximate surface area is 90.5 Å². The zero-order valence-corrected chi connectivity index (χ0v) is 9.32. The topological polar surface area (TPSA) is 47.0 Å². The molecule has 0 fully saturated rings. The van der Waals surface area contributed by atoms with Crippen molar-refractivity contribution in [2.24, 2.45) is 0 Å². The van der Waals surface area contributed by atoms with Crippen molar-refractivity contribution < 1.29 is 17.2 Å². The van der Waals surface area contributed by atoms with Gasteiger partial charge >= 0.3 is 0 Å². The molecule has 0 aromatic carbocycles. The van der Waals surface area contributed by atoms with Gasteiger partial charge in [-0.3, -0.25) is 4.98 Å². The summed E-state index contributed by atoms with van der Waals surface area (Å²) in [7, 11) is 1.20. The molecule has 1 aromatic heterocycles. The Balaban J connectivity index is 3.34. The van der Waals surface area contributed by atoms with E-state index in [0.717, 1.165) is 12.1 Å². The third-order valence-corrected chi connectivity index (χ3v) is 3.17. The fourth-order valence-corrected chi connectivity index (χ4v) is 2.23. The second kappa shape index (κ2) is 4.40. The zero-order valence-electron chi connectivity index (χ0n) is 7.75. The number of pyridine rings is 1. The molecule has 0 bridgehead atoms. The van der Waals surface area contributed by atoms with Crippen LogP contribution < -0.4 is 0 Å². The van der Waals surface area contributed by atoms with Gasteiger partial charge in [-0.1, -0.05) is 6.92 Å². The number of aryl methyl sites for hydroxylation is 1. The fourth-order valence-electron chi connectivity index (χ4n) is 1.10. The molecule has 0 aliphatic carbocycles. The number of aromatic nitrogens is 1. The summed E-state index contributed by atoms with van der Waals surface area (Å²) in [6.07, 6.45) is -2.50. The number of halogens is 3. The molecule has 0 N–H and O–H groups in total. The van der Waals surface area contributed by atoms with Crippen LogP contribution in [-0.2, 0) is 15.5 Å². The molecule has 15 heavy (non-hydrogen) atoms. The molecule has 0 saturated carbocycles. The normalized spacial score (nSPS) is 12.1. The molecular formula is C8H8ClF2NO2S. The minimum Gasteiger partial charge on any atom is -0.250 e. The van der Waals surface area contributed by atoms with Gasteiger partial charge in [-0.05, 0) is 18.6 Å². The van der Waals surface area contributed by atoms with Gasteiger partial charge in [0.2, 0.25) is 0 Å². The highest BCUT2D eigenvalue weighted by molar-refractivity contribution is 8.13.